The number of rotatable bonds is 3. The Morgan fingerprint density at radius 1 is 1.22 bits per heavy atom. The number of carbonyl (C=O) groups excluding carboxylic acids is 1. The van der Waals surface area contributed by atoms with Crippen LogP contribution in [0.5, 0.6) is 0 Å². The molecule has 7 heteroatoms. The zero-order chi connectivity index (χ0) is 16.0. The molecular formula is C16H17N3O4. The van der Waals surface area contributed by atoms with Crippen LogP contribution in [0.4, 0.5) is 0 Å². The third-order valence-electron chi connectivity index (χ3n) is 4.45. The van der Waals surface area contributed by atoms with Gasteiger partial charge in [0.1, 0.15) is 24.1 Å². The molecule has 7 nitrogen and oxygen atoms in total. The summed E-state index contributed by atoms with van der Waals surface area (Å²) in [6, 6.07) is 6.96. The Labute approximate surface area is 132 Å². The summed E-state index contributed by atoms with van der Waals surface area (Å²) >= 11 is 0. The maximum atomic E-state index is 11.2. The highest BCUT2D eigenvalue weighted by Gasteiger charge is 2.48. The average Bonchev–Trinajstić information content (AvgIpc) is 3.25. The van der Waals surface area contributed by atoms with Crippen molar-refractivity contribution >= 4 is 5.91 Å². The van der Waals surface area contributed by atoms with Gasteiger partial charge in [-0.05, 0) is 12.1 Å². The number of hydrogen-bond donors (Lipinski definition) is 2. The fourth-order valence-electron chi connectivity index (χ4n) is 3.29. The van der Waals surface area contributed by atoms with Crippen LogP contribution < -0.4 is 5.73 Å². The number of primary amides is 1. The van der Waals surface area contributed by atoms with Gasteiger partial charge < -0.3 is 24.9 Å². The third-order valence-corrected chi connectivity index (χ3v) is 4.45. The summed E-state index contributed by atoms with van der Waals surface area (Å²) in [6.45, 7) is 0.762. The fraction of sp³-hybridized carbons (Fsp3) is 0.375. The molecule has 0 bridgehead atoms. The molecule has 0 aliphatic carbocycles. The number of fused-ring (bicyclic) bond motifs is 1. The Morgan fingerprint density at radius 3 is 2.70 bits per heavy atom. The Morgan fingerprint density at radius 2 is 1.96 bits per heavy atom. The van der Waals surface area contributed by atoms with Crippen LogP contribution in [0.15, 0.2) is 36.7 Å². The van der Waals surface area contributed by atoms with Gasteiger partial charge in [0.15, 0.2) is 0 Å². The molecule has 2 aliphatic heterocycles. The van der Waals surface area contributed by atoms with Crippen molar-refractivity contribution in [3.63, 3.8) is 0 Å². The van der Waals surface area contributed by atoms with E-state index in [1.54, 1.807) is 18.3 Å². The molecule has 3 heterocycles. The summed E-state index contributed by atoms with van der Waals surface area (Å²) in [5.41, 5.74) is 6.60. The van der Waals surface area contributed by atoms with Crippen molar-refractivity contribution in [1.82, 2.24) is 9.55 Å². The summed E-state index contributed by atoms with van der Waals surface area (Å²) in [5.74, 6) is 0.306. The van der Waals surface area contributed by atoms with Crippen LogP contribution in [0.3, 0.4) is 0 Å². The zero-order valence-corrected chi connectivity index (χ0v) is 12.3. The summed E-state index contributed by atoms with van der Waals surface area (Å²) in [5, 5.41) is 9.86. The average molecular weight is 315 g/mol. The van der Waals surface area contributed by atoms with E-state index in [-0.39, 0.29) is 18.2 Å². The van der Waals surface area contributed by atoms with Gasteiger partial charge in [-0.15, -0.1) is 0 Å². The predicted molar refractivity (Wildman–Crippen MR) is 80.7 cm³/mol. The summed E-state index contributed by atoms with van der Waals surface area (Å²) in [6.07, 6.45) is 2.56. The first-order chi connectivity index (χ1) is 11.1. The number of benzene rings is 1. The molecule has 4 atom stereocenters. The van der Waals surface area contributed by atoms with E-state index in [9.17, 15) is 9.90 Å². The standard InChI is InChI=1S/C16H17N3O4/c17-15(21)9-1-3-10(4-2-9)16-18-5-6-19(16)11-7-22-14-12(20)8-23-13(11)14/h1-6,11-14,20H,7-8H2,(H2,17,21)/t11-,12+,13+,14+/m0/s1. The fourth-order valence-corrected chi connectivity index (χ4v) is 3.29. The van der Waals surface area contributed by atoms with Gasteiger partial charge in [-0.3, -0.25) is 4.79 Å². The van der Waals surface area contributed by atoms with E-state index in [1.807, 2.05) is 22.9 Å². The second-order valence-corrected chi connectivity index (χ2v) is 5.83. The van der Waals surface area contributed by atoms with Gasteiger partial charge in [-0.1, -0.05) is 12.1 Å². The van der Waals surface area contributed by atoms with Crippen molar-refractivity contribution < 1.29 is 19.4 Å². The van der Waals surface area contributed by atoms with Gasteiger partial charge in [-0.25, -0.2) is 4.98 Å². The van der Waals surface area contributed by atoms with Crippen molar-refractivity contribution in [2.45, 2.75) is 24.4 Å². The van der Waals surface area contributed by atoms with Crippen LogP contribution in [0, 0.1) is 0 Å². The van der Waals surface area contributed by atoms with Crippen LogP contribution >= 0.6 is 0 Å². The number of hydrogen-bond acceptors (Lipinski definition) is 5. The minimum Gasteiger partial charge on any atom is -0.388 e. The van der Waals surface area contributed by atoms with E-state index in [2.05, 4.69) is 4.98 Å². The van der Waals surface area contributed by atoms with Crippen molar-refractivity contribution in [1.29, 1.82) is 0 Å². The van der Waals surface area contributed by atoms with Gasteiger partial charge in [-0.2, -0.15) is 0 Å². The number of aromatic nitrogens is 2. The number of aliphatic hydroxyl groups excluding tert-OH is 1. The summed E-state index contributed by atoms with van der Waals surface area (Å²) < 4.78 is 13.4. The van der Waals surface area contributed by atoms with E-state index in [4.69, 9.17) is 15.2 Å². The van der Waals surface area contributed by atoms with Crippen molar-refractivity contribution in [3.05, 3.63) is 42.2 Å². The highest BCUT2D eigenvalue weighted by Crippen LogP contribution is 2.36. The van der Waals surface area contributed by atoms with E-state index < -0.39 is 12.0 Å². The molecule has 2 aliphatic rings. The van der Waals surface area contributed by atoms with E-state index in [0.29, 0.717) is 18.8 Å². The minimum absolute atomic E-state index is 0.0366. The molecule has 0 radical (unpaired) electrons. The van der Waals surface area contributed by atoms with Crippen LogP contribution in [-0.4, -0.2) is 52.1 Å². The van der Waals surface area contributed by atoms with Gasteiger partial charge in [0.05, 0.1) is 19.3 Å². The van der Waals surface area contributed by atoms with E-state index in [1.165, 1.54) is 0 Å². The molecular weight excluding hydrogens is 298 g/mol. The smallest absolute Gasteiger partial charge is 0.248 e. The highest BCUT2D eigenvalue weighted by molar-refractivity contribution is 5.93. The number of ether oxygens (including phenoxy) is 2. The number of nitrogens with two attached hydrogens (primary N) is 1. The SMILES string of the molecule is NC(=O)c1ccc(-c2nccn2[C@H]2CO[C@H]3[C@@H]2OC[C@H]3O)cc1. The molecule has 23 heavy (non-hydrogen) atoms. The van der Waals surface area contributed by atoms with Gasteiger partial charge >= 0.3 is 0 Å². The molecule has 1 amide bonds. The van der Waals surface area contributed by atoms with Crippen LogP contribution in [0.2, 0.25) is 0 Å². The van der Waals surface area contributed by atoms with E-state index >= 15 is 0 Å². The monoisotopic (exact) mass is 315 g/mol. The molecule has 2 saturated heterocycles. The number of amides is 1. The Balaban J connectivity index is 1.65. The Kier molecular flexibility index (Phi) is 3.41. The molecule has 0 saturated carbocycles. The van der Waals surface area contributed by atoms with E-state index in [0.717, 1.165) is 11.4 Å². The molecule has 1 aromatic carbocycles. The molecule has 0 spiro atoms. The van der Waals surface area contributed by atoms with Gasteiger partial charge in [0.25, 0.3) is 0 Å². The molecule has 3 N–H and O–H groups in total. The van der Waals surface area contributed by atoms with Crippen molar-refractivity contribution in [2.75, 3.05) is 13.2 Å². The normalized spacial score (nSPS) is 29.6. The molecule has 4 rings (SSSR count). The molecule has 1 aromatic heterocycles. The molecule has 2 fully saturated rings. The first kappa shape index (κ1) is 14.4. The van der Waals surface area contributed by atoms with Crippen LogP contribution in [0.1, 0.15) is 16.4 Å². The van der Waals surface area contributed by atoms with Crippen LogP contribution in [-0.2, 0) is 9.47 Å². The van der Waals surface area contributed by atoms with Crippen LogP contribution in [0.25, 0.3) is 11.4 Å². The highest BCUT2D eigenvalue weighted by atomic mass is 16.6. The zero-order valence-electron chi connectivity index (χ0n) is 12.3. The molecule has 120 valence electrons. The lowest BCUT2D eigenvalue weighted by Crippen LogP contribution is -2.30. The lowest BCUT2D eigenvalue weighted by Gasteiger charge is -2.19. The summed E-state index contributed by atoms with van der Waals surface area (Å²) in [7, 11) is 0. The number of imidazole rings is 1. The number of aliphatic hydroxyl groups is 1. The topological polar surface area (TPSA) is 99.6 Å². The third kappa shape index (κ3) is 2.33. The van der Waals surface area contributed by atoms with Gasteiger partial charge in [0, 0.05) is 23.5 Å². The predicted octanol–water partition coefficient (Wildman–Crippen LogP) is 0.349. The second kappa shape index (κ2) is 5.45. The molecule has 0 unspecified atom stereocenters. The Bertz CT molecular complexity index is 727. The Hall–Kier alpha value is -2.22. The molecule has 2 aromatic rings. The largest absolute Gasteiger partial charge is 0.388 e. The first-order valence-corrected chi connectivity index (χ1v) is 7.49. The number of carbonyl (C=O) groups is 1. The maximum absolute atomic E-state index is 11.2. The quantitative estimate of drug-likeness (QED) is 0.851. The number of nitrogens with zero attached hydrogens (tertiary/aromatic N) is 2. The van der Waals surface area contributed by atoms with Gasteiger partial charge in [0.2, 0.25) is 5.91 Å². The lowest BCUT2D eigenvalue weighted by atomic mass is 10.1. The van der Waals surface area contributed by atoms with Crippen molar-refractivity contribution in [2.24, 2.45) is 5.73 Å². The lowest BCUT2D eigenvalue weighted by molar-refractivity contribution is 0.0172. The minimum atomic E-state index is -0.577. The summed E-state index contributed by atoms with van der Waals surface area (Å²) in [4.78, 5) is 15.6. The first-order valence-electron chi connectivity index (χ1n) is 7.49. The van der Waals surface area contributed by atoms with Crippen molar-refractivity contribution in [3.8, 4) is 11.4 Å². The second-order valence-electron chi connectivity index (χ2n) is 5.83. The maximum Gasteiger partial charge on any atom is 0.248 e.